The van der Waals surface area contributed by atoms with Gasteiger partial charge in [0.2, 0.25) is 0 Å². The minimum absolute atomic E-state index is 0.369. The minimum atomic E-state index is 0.369. The molecular formula is C12H12BrN3S2. The molecule has 0 aromatic carbocycles. The Labute approximate surface area is 124 Å². The van der Waals surface area contributed by atoms with Crippen LogP contribution in [0.5, 0.6) is 0 Å². The normalized spacial score (nSPS) is 10.3. The molecule has 6 heteroatoms. The van der Waals surface area contributed by atoms with Crippen LogP contribution in [-0.4, -0.2) is 9.97 Å². The molecule has 2 aromatic rings. The van der Waals surface area contributed by atoms with E-state index >= 15 is 0 Å². The standard InChI is InChI=1S/C12H12BrN3S2/c1-7-2-4-15-12(10(7)11(14)17)16-6-9-8(13)3-5-18-9/h2-5H,6H2,1H3,(H2,14,17)(H,15,16). The van der Waals surface area contributed by atoms with Gasteiger partial charge in [0, 0.05) is 15.5 Å². The van der Waals surface area contributed by atoms with E-state index in [9.17, 15) is 0 Å². The Balaban J connectivity index is 2.22. The van der Waals surface area contributed by atoms with Gasteiger partial charge in [-0.3, -0.25) is 0 Å². The van der Waals surface area contributed by atoms with Crippen LogP contribution in [0.25, 0.3) is 0 Å². The number of hydrogen-bond donors (Lipinski definition) is 2. The van der Waals surface area contributed by atoms with Crippen molar-refractivity contribution < 1.29 is 0 Å². The maximum absolute atomic E-state index is 5.74. The smallest absolute Gasteiger partial charge is 0.136 e. The zero-order valence-corrected chi connectivity index (χ0v) is 13.0. The van der Waals surface area contributed by atoms with Crippen molar-refractivity contribution >= 4 is 50.3 Å². The number of nitrogens with zero attached hydrogens (tertiary/aromatic N) is 1. The van der Waals surface area contributed by atoms with Gasteiger partial charge >= 0.3 is 0 Å². The molecule has 0 radical (unpaired) electrons. The number of nitrogens with two attached hydrogens (primary N) is 1. The number of rotatable bonds is 4. The average molecular weight is 342 g/mol. The number of aromatic nitrogens is 1. The van der Waals surface area contributed by atoms with Crippen molar-refractivity contribution in [1.82, 2.24) is 4.98 Å². The van der Waals surface area contributed by atoms with Gasteiger partial charge in [-0.15, -0.1) is 11.3 Å². The number of thiophene rings is 1. The Morgan fingerprint density at radius 3 is 2.94 bits per heavy atom. The van der Waals surface area contributed by atoms with Crippen LogP contribution in [-0.2, 0) is 6.54 Å². The third-order valence-corrected chi connectivity index (χ3v) is 4.64. The van der Waals surface area contributed by atoms with Gasteiger partial charge in [-0.25, -0.2) is 4.98 Å². The van der Waals surface area contributed by atoms with E-state index < -0.39 is 0 Å². The largest absolute Gasteiger partial charge is 0.389 e. The van der Waals surface area contributed by atoms with Crippen molar-refractivity contribution in [2.45, 2.75) is 13.5 Å². The molecule has 0 saturated carbocycles. The van der Waals surface area contributed by atoms with Crippen LogP contribution in [0.4, 0.5) is 5.82 Å². The number of aryl methyl sites for hydroxylation is 1. The summed E-state index contributed by atoms with van der Waals surface area (Å²) < 4.78 is 1.10. The lowest BCUT2D eigenvalue weighted by atomic mass is 10.1. The molecule has 94 valence electrons. The molecule has 0 bridgehead atoms. The van der Waals surface area contributed by atoms with Crippen molar-refractivity contribution in [2.75, 3.05) is 5.32 Å². The third-order valence-electron chi connectivity index (χ3n) is 2.51. The SMILES string of the molecule is Cc1ccnc(NCc2sccc2Br)c1C(N)=S. The first-order valence-electron chi connectivity index (χ1n) is 5.30. The molecule has 0 amide bonds. The van der Waals surface area contributed by atoms with E-state index in [1.54, 1.807) is 17.5 Å². The van der Waals surface area contributed by atoms with E-state index in [2.05, 4.69) is 26.2 Å². The second-order valence-corrected chi connectivity index (χ2v) is 6.06. The lowest BCUT2D eigenvalue weighted by Crippen LogP contribution is -2.16. The summed E-state index contributed by atoms with van der Waals surface area (Å²) in [4.78, 5) is 5.88. The lowest BCUT2D eigenvalue weighted by molar-refractivity contribution is 1.12. The van der Waals surface area contributed by atoms with Crippen molar-refractivity contribution in [3.05, 3.63) is 44.2 Å². The van der Waals surface area contributed by atoms with E-state index in [4.69, 9.17) is 18.0 Å². The van der Waals surface area contributed by atoms with Crippen LogP contribution in [0, 0.1) is 6.92 Å². The molecule has 0 spiro atoms. The molecule has 0 aliphatic heterocycles. The predicted molar refractivity (Wildman–Crippen MR) is 84.2 cm³/mol. The number of nitrogens with one attached hydrogen (secondary N) is 1. The molecule has 0 atom stereocenters. The number of pyridine rings is 1. The molecule has 3 N–H and O–H groups in total. The summed E-state index contributed by atoms with van der Waals surface area (Å²) in [5, 5.41) is 5.32. The summed E-state index contributed by atoms with van der Waals surface area (Å²) in [6.07, 6.45) is 1.75. The quantitative estimate of drug-likeness (QED) is 0.836. The fourth-order valence-corrected chi connectivity index (χ4v) is 3.31. The van der Waals surface area contributed by atoms with Crippen molar-refractivity contribution in [3.63, 3.8) is 0 Å². The highest BCUT2D eigenvalue weighted by Gasteiger charge is 2.10. The second kappa shape index (κ2) is 5.77. The van der Waals surface area contributed by atoms with Crippen molar-refractivity contribution in [2.24, 2.45) is 5.73 Å². The summed E-state index contributed by atoms with van der Waals surface area (Å²) in [5.41, 5.74) is 7.59. The molecule has 0 fully saturated rings. The topological polar surface area (TPSA) is 50.9 Å². The molecule has 18 heavy (non-hydrogen) atoms. The molecule has 2 aromatic heterocycles. The van der Waals surface area contributed by atoms with Gasteiger partial charge < -0.3 is 11.1 Å². The zero-order valence-electron chi connectivity index (χ0n) is 9.74. The highest BCUT2D eigenvalue weighted by Crippen LogP contribution is 2.24. The van der Waals surface area contributed by atoms with Gasteiger partial charge in [-0.05, 0) is 45.9 Å². The Morgan fingerprint density at radius 2 is 2.33 bits per heavy atom. The lowest BCUT2D eigenvalue weighted by Gasteiger charge is -2.11. The summed E-state index contributed by atoms with van der Waals surface area (Å²) in [5.74, 6) is 0.739. The fraction of sp³-hybridized carbons (Fsp3) is 0.167. The molecule has 0 aliphatic rings. The zero-order chi connectivity index (χ0) is 13.1. The van der Waals surface area contributed by atoms with Crippen molar-refractivity contribution in [3.8, 4) is 0 Å². The molecule has 2 rings (SSSR count). The molecular weight excluding hydrogens is 330 g/mol. The first-order chi connectivity index (χ1) is 8.59. The summed E-state index contributed by atoms with van der Waals surface area (Å²) in [6.45, 7) is 2.67. The Morgan fingerprint density at radius 1 is 1.56 bits per heavy atom. The van der Waals surface area contributed by atoms with Crippen LogP contribution in [0.1, 0.15) is 16.0 Å². The molecule has 0 aliphatic carbocycles. The highest BCUT2D eigenvalue weighted by molar-refractivity contribution is 9.10. The highest BCUT2D eigenvalue weighted by atomic mass is 79.9. The summed E-state index contributed by atoms with van der Waals surface area (Å²) in [7, 11) is 0. The monoisotopic (exact) mass is 341 g/mol. The first-order valence-corrected chi connectivity index (χ1v) is 7.39. The number of thiocarbonyl (C=S) groups is 1. The van der Waals surface area contributed by atoms with Crippen LogP contribution in [0.3, 0.4) is 0 Å². The number of anilines is 1. The van der Waals surface area contributed by atoms with Crippen LogP contribution >= 0.6 is 39.5 Å². The first kappa shape index (κ1) is 13.5. The van der Waals surface area contributed by atoms with Gasteiger partial charge in [0.15, 0.2) is 0 Å². The predicted octanol–water partition coefficient (Wildman–Crippen LogP) is 3.46. The second-order valence-electron chi connectivity index (χ2n) is 3.76. The minimum Gasteiger partial charge on any atom is -0.389 e. The van der Waals surface area contributed by atoms with Crippen molar-refractivity contribution in [1.29, 1.82) is 0 Å². The van der Waals surface area contributed by atoms with E-state index in [-0.39, 0.29) is 0 Å². The van der Waals surface area contributed by atoms with Gasteiger partial charge in [-0.2, -0.15) is 0 Å². The van der Waals surface area contributed by atoms with Gasteiger partial charge in [-0.1, -0.05) is 12.2 Å². The summed E-state index contributed by atoms with van der Waals surface area (Å²) in [6, 6.07) is 3.93. The van der Waals surface area contributed by atoms with Crippen LogP contribution < -0.4 is 11.1 Å². The van der Waals surface area contributed by atoms with Gasteiger partial charge in [0.25, 0.3) is 0 Å². The van der Waals surface area contributed by atoms with Gasteiger partial charge in [0.05, 0.1) is 12.1 Å². The molecule has 0 saturated heterocycles. The van der Waals surface area contributed by atoms with Crippen LogP contribution in [0.2, 0.25) is 0 Å². The Hall–Kier alpha value is -0.980. The van der Waals surface area contributed by atoms with E-state index in [1.807, 2.05) is 24.4 Å². The van der Waals surface area contributed by atoms with E-state index in [0.29, 0.717) is 11.5 Å². The molecule has 2 heterocycles. The van der Waals surface area contributed by atoms with E-state index in [1.165, 1.54) is 4.88 Å². The number of hydrogen-bond acceptors (Lipinski definition) is 4. The fourth-order valence-electron chi connectivity index (χ4n) is 1.62. The average Bonchev–Trinajstić information content (AvgIpc) is 2.71. The maximum atomic E-state index is 5.74. The molecule has 0 unspecified atom stereocenters. The maximum Gasteiger partial charge on any atom is 0.136 e. The van der Waals surface area contributed by atoms with Crippen LogP contribution in [0.15, 0.2) is 28.2 Å². The van der Waals surface area contributed by atoms with Gasteiger partial charge in [0.1, 0.15) is 10.8 Å². The molecule has 3 nitrogen and oxygen atoms in total. The number of halogens is 1. The van der Waals surface area contributed by atoms with E-state index in [0.717, 1.165) is 21.4 Å². The Bertz CT molecular complexity index is 580. The third kappa shape index (κ3) is 2.88. The summed E-state index contributed by atoms with van der Waals surface area (Å²) >= 11 is 10.3. The Kier molecular flexibility index (Phi) is 4.31.